The van der Waals surface area contributed by atoms with Crippen LogP contribution < -0.4 is 5.32 Å². The summed E-state index contributed by atoms with van der Waals surface area (Å²) in [4.78, 5) is 4.41. The number of nitrogens with one attached hydrogen (secondary N) is 1. The van der Waals surface area contributed by atoms with Crippen molar-refractivity contribution < 1.29 is 4.74 Å². The molecule has 0 radical (unpaired) electrons. The predicted molar refractivity (Wildman–Crippen MR) is 74.7 cm³/mol. The van der Waals surface area contributed by atoms with E-state index in [0.717, 1.165) is 25.1 Å². The quantitative estimate of drug-likeness (QED) is 0.848. The zero-order valence-corrected chi connectivity index (χ0v) is 11.0. The number of ether oxygens (including phenoxy) is 1. The first-order valence-electron chi connectivity index (χ1n) is 6.42. The first-order chi connectivity index (χ1) is 8.85. The molecule has 2 aromatic rings. The summed E-state index contributed by atoms with van der Waals surface area (Å²) < 4.78 is 5.17. The molecule has 2 rings (SSSR count). The molecule has 0 saturated heterocycles. The Hall–Kier alpha value is -1.45. The summed E-state index contributed by atoms with van der Waals surface area (Å²) >= 11 is 0. The fourth-order valence-corrected chi connectivity index (χ4v) is 2.17. The molecule has 0 fully saturated rings. The normalized spacial score (nSPS) is 12.8. The monoisotopic (exact) mass is 244 g/mol. The van der Waals surface area contributed by atoms with Gasteiger partial charge in [-0.15, -0.1) is 0 Å². The van der Waals surface area contributed by atoms with E-state index in [2.05, 4.69) is 41.5 Å². The Kier molecular flexibility index (Phi) is 4.67. The average molecular weight is 244 g/mol. The van der Waals surface area contributed by atoms with Crippen molar-refractivity contribution in [1.82, 2.24) is 10.3 Å². The van der Waals surface area contributed by atoms with Crippen LogP contribution in [0.25, 0.3) is 10.9 Å². The van der Waals surface area contributed by atoms with Gasteiger partial charge in [-0.1, -0.05) is 25.1 Å². The van der Waals surface area contributed by atoms with Gasteiger partial charge in [-0.05, 0) is 30.7 Å². The van der Waals surface area contributed by atoms with Gasteiger partial charge in [0.25, 0.3) is 0 Å². The van der Waals surface area contributed by atoms with Crippen molar-refractivity contribution in [3.05, 3.63) is 42.1 Å². The molecule has 3 heteroatoms. The molecule has 96 valence electrons. The minimum absolute atomic E-state index is 0.335. The molecule has 18 heavy (non-hydrogen) atoms. The zero-order chi connectivity index (χ0) is 12.8. The summed E-state index contributed by atoms with van der Waals surface area (Å²) in [5, 5.41) is 4.67. The third kappa shape index (κ3) is 3.06. The van der Waals surface area contributed by atoms with Crippen molar-refractivity contribution in [2.24, 2.45) is 0 Å². The highest BCUT2D eigenvalue weighted by Gasteiger charge is 2.10. The first kappa shape index (κ1) is 13.0. The minimum atomic E-state index is 0.335. The summed E-state index contributed by atoms with van der Waals surface area (Å²) in [5.41, 5.74) is 2.33. The van der Waals surface area contributed by atoms with Crippen LogP contribution in [0.4, 0.5) is 0 Å². The topological polar surface area (TPSA) is 34.1 Å². The summed E-state index contributed by atoms with van der Waals surface area (Å²) in [5.74, 6) is 0. The maximum atomic E-state index is 5.17. The highest BCUT2D eigenvalue weighted by atomic mass is 16.5. The number of methoxy groups -OCH3 is 1. The van der Waals surface area contributed by atoms with E-state index in [9.17, 15) is 0 Å². The van der Waals surface area contributed by atoms with Gasteiger partial charge in [-0.2, -0.15) is 0 Å². The number of benzene rings is 1. The molecular formula is C15H20N2O. The Morgan fingerprint density at radius 3 is 3.00 bits per heavy atom. The van der Waals surface area contributed by atoms with Crippen molar-refractivity contribution in [2.75, 3.05) is 20.3 Å². The van der Waals surface area contributed by atoms with Crippen molar-refractivity contribution in [1.29, 1.82) is 0 Å². The largest absolute Gasteiger partial charge is 0.385 e. The van der Waals surface area contributed by atoms with Crippen LogP contribution in [-0.4, -0.2) is 25.2 Å². The smallest absolute Gasteiger partial charge is 0.0705 e. The third-order valence-electron chi connectivity index (χ3n) is 3.09. The van der Waals surface area contributed by atoms with Crippen molar-refractivity contribution >= 4 is 10.9 Å². The fraction of sp³-hybridized carbons (Fsp3) is 0.400. The molecule has 0 amide bonds. The molecule has 1 aromatic carbocycles. The van der Waals surface area contributed by atoms with Gasteiger partial charge in [0.2, 0.25) is 0 Å². The van der Waals surface area contributed by atoms with E-state index in [-0.39, 0.29) is 0 Å². The molecule has 0 saturated carbocycles. The van der Waals surface area contributed by atoms with Gasteiger partial charge in [0.15, 0.2) is 0 Å². The lowest BCUT2D eigenvalue weighted by Gasteiger charge is -2.18. The number of aromatic nitrogens is 1. The van der Waals surface area contributed by atoms with Crippen molar-refractivity contribution in [3.8, 4) is 0 Å². The molecule has 1 aromatic heterocycles. The van der Waals surface area contributed by atoms with E-state index < -0.39 is 0 Å². The number of rotatable bonds is 6. The number of hydrogen-bond donors (Lipinski definition) is 1. The lowest BCUT2D eigenvalue weighted by atomic mass is 10.0. The Balaban J connectivity index is 2.25. The van der Waals surface area contributed by atoms with Gasteiger partial charge >= 0.3 is 0 Å². The van der Waals surface area contributed by atoms with E-state index in [1.807, 2.05) is 12.3 Å². The summed E-state index contributed by atoms with van der Waals surface area (Å²) in [7, 11) is 1.74. The number of nitrogens with zero attached hydrogens (tertiary/aromatic N) is 1. The van der Waals surface area contributed by atoms with Crippen LogP contribution in [0.5, 0.6) is 0 Å². The molecule has 0 bridgehead atoms. The minimum Gasteiger partial charge on any atom is -0.385 e. The number of hydrogen-bond acceptors (Lipinski definition) is 3. The van der Waals surface area contributed by atoms with Gasteiger partial charge in [-0.3, -0.25) is 4.98 Å². The summed E-state index contributed by atoms with van der Waals surface area (Å²) in [6.07, 6.45) is 2.81. The standard InChI is InChI=1S/C15H20N2O/c1-3-16-14(8-10-18-2)13-7-6-12-5-4-9-17-15(12)11-13/h4-7,9,11,14,16H,3,8,10H2,1-2H3. The highest BCUT2D eigenvalue weighted by Crippen LogP contribution is 2.21. The van der Waals surface area contributed by atoms with Gasteiger partial charge in [0, 0.05) is 31.3 Å². The lowest BCUT2D eigenvalue weighted by molar-refractivity contribution is 0.183. The maximum Gasteiger partial charge on any atom is 0.0705 e. The zero-order valence-electron chi connectivity index (χ0n) is 11.0. The van der Waals surface area contributed by atoms with Gasteiger partial charge < -0.3 is 10.1 Å². The van der Waals surface area contributed by atoms with Gasteiger partial charge in [0.05, 0.1) is 5.52 Å². The molecule has 0 spiro atoms. The second-order valence-corrected chi connectivity index (χ2v) is 4.35. The molecule has 0 aliphatic carbocycles. The first-order valence-corrected chi connectivity index (χ1v) is 6.42. The third-order valence-corrected chi connectivity index (χ3v) is 3.09. The van der Waals surface area contributed by atoms with Crippen LogP contribution in [0.2, 0.25) is 0 Å². The second-order valence-electron chi connectivity index (χ2n) is 4.35. The Morgan fingerprint density at radius 1 is 1.33 bits per heavy atom. The molecule has 1 heterocycles. The predicted octanol–water partition coefficient (Wildman–Crippen LogP) is 2.92. The molecule has 0 aliphatic heterocycles. The maximum absolute atomic E-state index is 5.17. The van der Waals surface area contributed by atoms with Crippen LogP contribution in [0.15, 0.2) is 36.5 Å². The SMILES string of the molecule is CCNC(CCOC)c1ccc2cccnc2c1. The van der Waals surface area contributed by atoms with Crippen molar-refractivity contribution in [2.45, 2.75) is 19.4 Å². The molecule has 1 N–H and O–H groups in total. The molecule has 3 nitrogen and oxygen atoms in total. The van der Waals surface area contributed by atoms with E-state index in [0.29, 0.717) is 6.04 Å². The summed E-state index contributed by atoms with van der Waals surface area (Å²) in [6, 6.07) is 10.9. The van der Waals surface area contributed by atoms with Gasteiger partial charge in [0.1, 0.15) is 0 Å². The molecule has 1 atom stereocenters. The average Bonchev–Trinajstić information content (AvgIpc) is 2.43. The van der Waals surface area contributed by atoms with E-state index in [1.54, 1.807) is 7.11 Å². The van der Waals surface area contributed by atoms with Crippen molar-refractivity contribution in [3.63, 3.8) is 0 Å². The fourth-order valence-electron chi connectivity index (χ4n) is 2.17. The van der Waals surface area contributed by atoms with Gasteiger partial charge in [-0.25, -0.2) is 0 Å². The molecular weight excluding hydrogens is 224 g/mol. The van der Waals surface area contributed by atoms with Crippen LogP contribution in [0, 0.1) is 0 Å². The Labute approximate surface area is 108 Å². The van der Waals surface area contributed by atoms with Crippen LogP contribution in [-0.2, 0) is 4.74 Å². The molecule has 0 aliphatic rings. The second kappa shape index (κ2) is 6.47. The Bertz CT molecular complexity index is 499. The van der Waals surface area contributed by atoms with Crippen LogP contribution >= 0.6 is 0 Å². The van der Waals surface area contributed by atoms with Crippen LogP contribution in [0.1, 0.15) is 24.9 Å². The van der Waals surface area contributed by atoms with E-state index in [1.165, 1.54) is 10.9 Å². The van der Waals surface area contributed by atoms with Crippen LogP contribution in [0.3, 0.4) is 0 Å². The highest BCUT2D eigenvalue weighted by molar-refractivity contribution is 5.78. The van der Waals surface area contributed by atoms with E-state index in [4.69, 9.17) is 4.74 Å². The van der Waals surface area contributed by atoms with E-state index >= 15 is 0 Å². The Morgan fingerprint density at radius 2 is 2.22 bits per heavy atom. The summed E-state index contributed by atoms with van der Waals surface area (Å²) in [6.45, 7) is 3.84. The number of fused-ring (bicyclic) bond motifs is 1. The number of pyridine rings is 1. The molecule has 1 unspecified atom stereocenters. The lowest BCUT2D eigenvalue weighted by Crippen LogP contribution is -2.22.